The minimum absolute atomic E-state index is 0.0109. The Morgan fingerprint density at radius 1 is 0.763 bits per heavy atom. The summed E-state index contributed by atoms with van der Waals surface area (Å²) in [5.74, 6) is -2.34. The molecule has 0 heterocycles. The average molecular weight is 508 g/mol. The molecule has 3 N–H and O–H groups in total. The number of carboxylic acids is 2. The Kier molecular flexibility index (Phi) is 6.66. The van der Waals surface area contributed by atoms with Crippen LogP contribution in [-0.4, -0.2) is 33.8 Å². The molecule has 0 saturated heterocycles. The molecule has 0 spiro atoms. The zero-order chi connectivity index (χ0) is 26.7. The topological polar surface area (TPSA) is 113 Å². The molecule has 5 rings (SSSR count). The van der Waals surface area contributed by atoms with E-state index in [9.17, 15) is 24.6 Å². The molecule has 1 aliphatic carbocycles. The lowest BCUT2D eigenvalue weighted by atomic mass is 9.87. The van der Waals surface area contributed by atoms with Crippen molar-refractivity contribution >= 4 is 18.0 Å². The quantitative estimate of drug-likeness (QED) is 0.302. The van der Waals surface area contributed by atoms with Crippen molar-refractivity contribution in [3.05, 3.63) is 119 Å². The molecule has 7 nitrogen and oxygen atoms in total. The standard InChI is InChI=1S/C31H25NO6/c33-28(34)24-16-23(21-12-6-2-7-13-21)25-17-31(29(35)36,18-26(25)27(24)22-14-8-3-9-15-22)32-30(37)38-19-20-10-4-1-5-11-20/h1-16H,17-19H2,(H,32,37)(H,33,34)(H,35,36). The highest BCUT2D eigenvalue weighted by atomic mass is 16.5. The smallest absolute Gasteiger partial charge is 0.408 e. The maximum atomic E-state index is 12.8. The molecule has 0 bridgehead atoms. The van der Waals surface area contributed by atoms with E-state index in [1.807, 2.05) is 54.6 Å². The van der Waals surface area contributed by atoms with Gasteiger partial charge in [-0.3, -0.25) is 0 Å². The van der Waals surface area contributed by atoms with Crippen LogP contribution in [0.4, 0.5) is 4.79 Å². The largest absolute Gasteiger partial charge is 0.479 e. The van der Waals surface area contributed by atoms with Crippen molar-refractivity contribution in [2.45, 2.75) is 25.0 Å². The Morgan fingerprint density at radius 2 is 1.32 bits per heavy atom. The highest BCUT2D eigenvalue weighted by Gasteiger charge is 2.48. The molecular weight excluding hydrogens is 482 g/mol. The summed E-state index contributed by atoms with van der Waals surface area (Å²) >= 11 is 0. The predicted molar refractivity (Wildman–Crippen MR) is 142 cm³/mol. The second-order valence-corrected chi connectivity index (χ2v) is 9.27. The minimum atomic E-state index is -1.71. The van der Waals surface area contributed by atoms with Gasteiger partial charge in [-0.1, -0.05) is 91.0 Å². The van der Waals surface area contributed by atoms with Gasteiger partial charge in [-0.15, -0.1) is 0 Å². The summed E-state index contributed by atoms with van der Waals surface area (Å²) in [6.45, 7) is -0.0109. The van der Waals surface area contributed by atoms with Crippen molar-refractivity contribution in [2.24, 2.45) is 0 Å². The van der Waals surface area contributed by atoms with Crippen LogP contribution in [0.5, 0.6) is 0 Å². The third-order valence-electron chi connectivity index (χ3n) is 6.85. The molecule has 1 aliphatic rings. The van der Waals surface area contributed by atoms with Gasteiger partial charge in [-0.25, -0.2) is 14.4 Å². The van der Waals surface area contributed by atoms with Crippen LogP contribution in [0.2, 0.25) is 0 Å². The number of carboxylic acid groups (broad SMARTS) is 2. The van der Waals surface area contributed by atoms with Crippen LogP contribution >= 0.6 is 0 Å². The first kappa shape index (κ1) is 24.8. The third kappa shape index (κ3) is 4.74. The summed E-state index contributed by atoms with van der Waals surface area (Å²) in [5, 5.41) is 23.2. The summed E-state index contributed by atoms with van der Waals surface area (Å²) in [6.07, 6.45) is -0.976. The lowest BCUT2D eigenvalue weighted by molar-refractivity contribution is -0.144. The molecule has 38 heavy (non-hydrogen) atoms. The maximum Gasteiger partial charge on any atom is 0.408 e. The molecule has 0 fully saturated rings. The van der Waals surface area contributed by atoms with Gasteiger partial charge in [-0.2, -0.15) is 0 Å². The van der Waals surface area contributed by atoms with E-state index in [2.05, 4.69) is 5.32 Å². The van der Waals surface area contributed by atoms with Crippen molar-refractivity contribution in [1.82, 2.24) is 5.32 Å². The van der Waals surface area contributed by atoms with Crippen LogP contribution in [0.1, 0.15) is 27.0 Å². The van der Waals surface area contributed by atoms with E-state index in [1.54, 1.807) is 42.5 Å². The predicted octanol–water partition coefficient (Wildman–Crippen LogP) is 5.57. The number of aromatic carboxylic acids is 1. The monoisotopic (exact) mass is 507 g/mol. The van der Waals surface area contributed by atoms with Crippen LogP contribution in [0.25, 0.3) is 22.3 Å². The number of nitrogens with one attached hydrogen (secondary N) is 1. The SMILES string of the molecule is O=C(NC1(C(=O)O)Cc2c(-c3ccccc3)cc(C(=O)O)c(-c3ccccc3)c2C1)OCc1ccccc1. The first-order valence-corrected chi connectivity index (χ1v) is 12.1. The Balaban J connectivity index is 1.60. The number of ether oxygens (including phenoxy) is 1. The van der Waals surface area contributed by atoms with Gasteiger partial charge in [0.25, 0.3) is 0 Å². The fraction of sp³-hybridized carbons (Fsp3) is 0.129. The fourth-order valence-corrected chi connectivity index (χ4v) is 5.07. The normalized spacial score (nSPS) is 15.9. The first-order chi connectivity index (χ1) is 18.4. The number of amides is 1. The maximum absolute atomic E-state index is 12.8. The number of hydrogen-bond donors (Lipinski definition) is 3. The summed E-state index contributed by atoms with van der Waals surface area (Å²) in [5.41, 5.74) is 2.90. The van der Waals surface area contributed by atoms with Gasteiger partial charge in [0.1, 0.15) is 12.1 Å². The lowest BCUT2D eigenvalue weighted by Gasteiger charge is -2.25. The Bertz CT molecular complexity index is 1500. The van der Waals surface area contributed by atoms with E-state index >= 15 is 0 Å². The van der Waals surface area contributed by atoms with Gasteiger partial charge in [0.2, 0.25) is 0 Å². The van der Waals surface area contributed by atoms with Crippen LogP contribution in [0, 0.1) is 0 Å². The Labute approximate surface area is 219 Å². The summed E-state index contributed by atoms with van der Waals surface area (Å²) in [7, 11) is 0. The number of alkyl carbamates (subject to hydrolysis) is 1. The second kappa shape index (κ2) is 10.2. The van der Waals surface area contributed by atoms with Gasteiger partial charge < -0.3 is 20.3 Å². The number of aliphatic carboxylic acids is 1. The van der Waals surface area contributed by atoms with E-state index in [-0.39, 0.29) is 25.0 Å². The molecule has 190 valence electrons. The summed E-state index contributed by atoms with van der Waals surface area (Å²) in [4.78, 5) is 38.0. The van der Waals surface area contributed by atoms with Crippen LogP contribution in [0.15, 0.2) is 97.1 Å². The van der Waals surface area contributed by atoms with E-state index < -0.39 is 23.6 Å². The van der Waals surface area contributed by atoms with Crippen LogP contribution < -0.4 is 5.32 Å². The molecule has 0 aromatic heterocycles. The molecule has 1 amide bonds. The summed E-state index contributed by atoms with van der Waals surface area (Å²) < 4.78 is 5.35. The van der Waals surface area contributed by atoms with E-state index in [0.29, 0.717) is 27.8 Å². The zero-order valence-electron chi connectivity index (χ0n) is 20.4. The number of benzene rings is 4. The highest BCUT2D eigenvalue weighted by Crippen LogP contribution is 2.44. The third-order valence-corrected chi connectivity index (χ3v) is 6.85. The molecule has 1 atom stereocenters. The van der Waals surface area contributed by atoms with E-state index in [4.69, 9.17) is 4.74 Å². The Morgan fingerprint density at radius 3 is 1.89 bits per heavy atom. The molecule has 7 heteroatoms. The van der Waals surface area contributed by atoms with Crippen molar-refractivity contribution < 1.29 is 29.3 Å². The van der Waals surface area contributed by atoms with E-state index in [1.165, 1.54) is 0 Å². The van der Waals surface area contributed by atoms with Crippen molar-refractivity contribution in [2.75, 3.05) is 0 Å². The van der Waals surface area contributed by atoms with Gasteiger partial charge in [-0.05, 0) is 45.0 Å². The first-order valence-electron chi connectivity index (χ1n) is 12.1. The molecule has 1 unspecified atom stereocenters. The fourth-order valence-electron chi connectivity index (χ4n) is 5.07. The van der Waals surface area contributed by atoms with Gasteiger partial charge in [0.15, 0.2) is 0 Å². The van der Waals surface area contributed by atoms with Crippen molar-refractivity contribution in [1.29, 1.82) is 0 Å². The molecular formula is C31H25NO6. The molecule has 4 aromatic rings. The lowest BCUT2D eigenvalue weighted by Crippen LogP contribution is -2.55. The second-order valence-electron chi connectivity index (χ2n) is 9.27. The summed E-state index contributed by atoms with van der Waals surface area (Å²) in [6, 6.07) is 29.0. The number of carbonyl (C=O) groups excluding carboxylic acids is 1. The number of fused-ring (bicyclic) bond motifs is 1. The van der Waals surface area contributed by atoms with Gasteiger partial charge >= 0.3 is 18.0 Å². The highest BCUT2D eigenvalue weighted by molar-refractivity contribution is 6.01. The minimum Gasteiger partial charge on any atom is -0.479 e. The molecule has 4 aromatic carbocycles. The zero-order valence-corrected chi connectivity index (χ0v) is 20.4. The Hall–Kier alpha value is -4.91. The molecule has 0 saturated carbocycles. The van der Waals surface area contributed by atoms with Crippen molar-refractivity contribution in [3.8, 4) is 22.3 Å². The average Bonchev–Trinajstić information content (AvgIpc) is 3.33. The van der Waals surface area contributed by atoms with Gasteiger partial charge in [0, 0.05) is 12.8 Å². The van der Waals surface area contributed by atoms with Crippen LogP contribution in [-0.2, 0) is 29.0 Å². The number of rotatable bonds is 7. The van der Waals surface area contributed by atoms with Crippen molar-refractivity contribution in [3.63, 3.8) is 0 Å². The molecule has 0 aliphatic heterocycles. The molecule has 0 radical (unpaired) electrons. The van der Waals surface area contributed by atoms with Crippen LogP contribution in [0.3, 0.4) is 0 Å². The number of hydrogen-bond acceptors (Lipinski definition) is 4. The van der Waals surface area contributed by atoms with Gasteiger partial charge in [0.05, 0.1) is 5.56 Å². The number of carbonyl (C=O) groups is 3. The van der Waals surface area contributed by atoms with E-state index in [0.717, 1.165) is 11.1 Å².